The maximum absolute atomic E-state index is 13.3. The van der Waals surface area contributed by atoms with Crippen LogP contribution in [0, 0.1) is 5.41 Å². The van der Waals surface area contributed by atoms with Crippen LogP contribution in [-0.4, -0.2) is 78.1 Å². The van der Waals surface area contributed by atoms with Crippen molar-refractivity contribution in [3.8, 4) is 5.82 Å². The van der Waals surface area contributed by atoms with E-state index >= 15 is 0 Å². The molecule has 4 heterocycles. The number of carbonyl (C=O) groups is 2. The number of esters is 1. The first-order chi connectivity index (χ1) is 15.5. The van der Waals surface area contributed by atoms with Crippen molar-refractivity contribution in [2.24, 2.45) is 5.41 Å². The first kappa shape index (κ1) is 20.7. The highest BCUT2D eigenvalue weighted by molar-refractivity contribution is 5.94. The Kier molecular flexibility index (Phi) is 5.20. The lowest BCUT2D eigenvalue weighted by atomic mass is 9.71. The van der Waals surface area contributed by atoms with E-state index in [-0.39, 0.29) is 23.9 Å². The summed E-state index contributed by atoms with van der Waals surface area (Å²) in [5, 5.41) is 11.0. The van der Waals surface area contributed by atoms with Crippen LogP contribution in [0.2, 0.25) is 0 Å². The minimum absolute atomic E-state index is 0.162. The van der Waals surface area contributed by atoms with E-state index in [1.165, 1.54) is 11.0 Å². The lowest BCUT2D eigenvalue weighted by molar-refractivity contribution is -0.138. The molecule has 1 spiro atoms. The maximum atomic E-state index is 13.3. The average Bonchev–Trinajstić information content (AvgIpc) is 3.52. The number of cyclic esters (lactones) is 1. The van der Waals surface area contributed by atoms with Gasteiger partial charge in [0.1, 0.15) is 12.9 Å². The molecule has 0 radical (unpaired) electrons. The van der Waals surface area contributed by atoms with Crippen LogP contribution in [0.4, 0.5) is 0 Å². The zero-order valence-corrected chi connectivity index (χ0v) is 18.3. The van der Waals surface area contributed by atoms with Gasteiger partial charge in [-0.2, -0.15) is 4.68 Å². The fourth-order valence-electron chi connectivity index (χ4n) is 5.09. The van der Waals surface area contributed by atoms with E-state index in [9.17, 15) is 9.59 Å². The number of tetrazole rings is 1. The van der Waals surface area contributed by atoms with Gasteiger partial charge in [0.25, 0.3) is 0 Å². The molecule has 2 aliphatic heterocycles. The van der Waals surface area contributed by atoms with E-state index in [4.69, 9.17) is 4.74 Å². The minimum atomic E-state index is -0.312. The van der Waals surface area contributed by atoms with Crippen LogP contribution >= 0.6 is 0 Å². The number of hydrogen-bond acceptors (Lipinski definition) is 9. The standard InChI is InChI=1S/C21H26N8O3/c1-14-17(12-32-19(14)30)28-8-7-21(20(28)31)5-3-16(4-6-21)27(2)11-15-9-23-18(10-22-15)29-13-24-25-26-29/h9-10,13,16H,3-8,11-12H2,1-2H3/t16-,21+. The monoisotopic (exact) mass is 438 g/mol. The summed E-state index contributed by atoms with van der Waals surface area (Å²) in [4.78, 5) is 38.0. The summed E-state index contributed by atoms with van der Waals surface area (Å²) in [5.74, 6) is 0.425. The van der Waals surface area contributed by atoms with E-state index in [1.807, 2.05) is 0 Å². The second-order valence-electron chi connectivity index (χ2n) is 8.90. The normalized spacial score (nSPS) is 26.0. The van der Waals surface area contributed by atoms with E-state index in [1.54, 1.807) is 24.2 Å². The Bertz CT molecular complexity index is 1040. The topological polar surface area (TPSA) is 119 Å². The fraction of sp³-hybridized carbons (Fsp3) is 0.571. The van der Waals surface area contributed by atoms with Crippen LogP contribution in [0.3, 0.4) is 0 Å². The highest BCUT2D eigenvalue weighted by atomic mass is 16.5. The van der Waals surface area contributed by atoms with Crippen molar-refractivity contribution in [1.82, 2.24) is 40.0 Å². The Hall–Kier alpha value is -3.21. The molecule has 168 valence electrons. The molecule has 0 aromatic carbocycles. The van der Waals surface area contributed by atoms with Crippen molar-refractivity contribution in [1.29, 1.82) is 0 Å². The fourth-order valence-corrected chi connectivity index (χ4v) is 5.09. The summed E-state index contributed by atoms with van der Waals surface area (Å²) < 4.78 is 6.58. The number of amides is 1. The molecule has 11 heteroatoms. The van der Waals surface area contributed by atoms with Gasteiger partial charge in [-0.1, -0.05) is 0 Å². The van der Waals surface area contributed by atoms with Crippen LogP contribution in [0.1, 0.15) is 44.7 Å². The first-order valence-electron chi connectivity index (χ1n) is 10.9. The van der Waals surface area contributed by atoms with Crippen molar-refractivity contribution >= 4 is 11.9 Å². The van der Waals surface area contributed by atoms with E-state index in [0.717, 1.165) is 43.5 Å². The van der Waals surface area contributed by atoms with Crippen LogP contribution in [0.5, 0.6) is 0 Å². The summed E-state index contributed by atoms with van der Waals surface area (Å²) in [6.45, 7) is 3.32. The van der Waals surface area contributed by atoms with E-state index in [0.29, 0.717) is 30.5 Å². The highest BCUT2D eigenvalue weighted by Crippen LogP contribution is 2.47. The predicted octanol–water partition coefficient (Wildman–Crippen LogP) is 0.876. The molecule has 1 aliphatic carbocycles. The van der Waals surface area contributed by atoms with Gasteiger partial charge in [0, 0.05) is 19.1 Å². The molecule has 0 bridgehead atoms. The summed E-state index contributed by atoms with van der Waals surface area (Å²) in [7, 11) is 2.10. The molecule has 1 saturated carbocycles. The second-order valence-corrected chi connectivity index (χ2v) is 8.90. The minimum Gasteiger partial charge on any atom is -0.456 e. The number of rotatable bonds is 5. The van der Waals surface area contributed by atoms with Gasteiger partial charge in [-0.25, -0.2) is 9.78 Å². The van der Waals surface area contributed by atoms with Gasteiger partial charge < -0.3 is 9.64 Å². The number of hydrogen-bond donors (Lipinski definition) is 0. The lowest BCUT2D eigenvalue weighted by Gasteiger charge is -2.39. The van der Waals surface area contributed by atoms with Crippen molar-refractivity contribution in [3.63, 3.8) is 0 Å². The van der Waals surface area contributed by atoms with Crippen molar-refractivity contribution in [3.05, 3.63) is 35.7 Å². The van der Waals surface area contributed by atoms with E-state index < -0.39 is 0 Å². The third-order valence-electron chi connectivity index (χ3n) is 7.14. The van der Waals surface area contributed by atoms with Crippen LogP contribution in [0.15, 0.2) is 30.0 Å². The first-order valence-corrected chi connectivity index (χ1v) is 10.9. The van der Waals surface area contributed by atoms with E-state index in [2.05, 4.69) is 37.4 Å². The lowest BCUT2D eigenvalue weighted by Crippen LogP contribution is -2.42. The average molecular weight is 438 g/mol. The number of ether oxygens (including phenoxy) is 1. The molecule has 11 nitrogen and oxygen atoms in total. The van der Waals surface area contributed by atoms with Crippen LogP contribution in [-0.2, 0) is 20.9 Å². The molecule has 2 aromatic heterocycles. The second kappa shape index (κ2) is 8.05. The molecule has 2 aromatic rings. The van der Waals surface area contributed by atoms with Crippen molar-refractivity contribution < 1.29 is 14.3 Å². The molecule has 2 fully saturated rings. The zero-order valence-electron chi connectivity index (χ0n) is 18.3. The zero-order chi connectivity index (χ0) is 22.3. The molecule has 0 atom stereocenters. The Labute approximate surface area is 185 Å². The van der Waals surface area contributed by atoms with Crippen LogP contribution in [0.25, 0.3) is 5.82 Å². The third kappa shape index (κ3) is 3.56. The molecular weight excluding hydrogens is 412 g/mol. The quantitative estimate of drug-likeness (QED) is 0.627. The molecule has 1 amide bonds. The summed E-state index contributed by atoms with van der Waals surface area (Å²) in [6.07, 6.45) is 9.38. The smallest absolute Gasteiger partial charge is 0.336 e. The van der Waals surface area contributed by atoms with Crippen LogP contribution < -0.4 is 0 Å². The maximum Gasteiger partial charge on any atom is 0.336 e. The number of carbonyl (C=O) groups excluding carboxylic acids is 2. The molecule has 3 aliphatic rings. The Morgan fingerprint density at radius 2 is 2.00 bits per heavy atom. The van der Waals surface area contributed by atoms with Gasteiger partial charge in [-0.15, -0.1) is 5.10 Å². The Morgan fingerprint density at radius 3 is 2.62 bits per heavy atom. The number of aromatic nitrogens is 6. The van der Waals surface area contributed by atoms with Gasteiger partial charge >= 0.3 is 5.97 Å². The summed E-state index contributed by atoms with van der Waals surface area (Å²) in [6, 6.07) is 0.390. The number of nitrogens with zero attached hydrogens (tertiary/aromatic N) is 8. The molecule has 32 heavy (non-hydrogen) atoms. The van der Waals surface area contributed by atoms with Gasteiger partial charge in [-0.3, -0.25) is 14.7 Å². The Morgan fingerprint density at radius 1 is 1.19 bits per heavy atom. The van der Waals surface area contributed by atoms with Gasteiger partial charge in [0.2, 0.25) is 5.91 Å². The van der Waals surface area contributed by atoms with Crippen molar-refractivity contribution in [2.75, 3.05) is 20.2 Å². The van der Waals surface area contributed by atoms with Gasteiger partial charge in [0.05, 0.1) is 34.8 Å². The molecule has 1 saturated heterocycles. The summed E-state index contributed by atoms with van der Waals surface area (Å²) in [5.41, 5.74) is 1.89. The Balaban J connectivity index is 1.18. The highest BCUT2D eigenvalue weighted by Gasteiger charge is 2.50. The SMILES string of the molecule is CC1=C(N2CC[C@]3(CC[C@H](N(C)Cc4cnc(-n5cnnn5)cn4)CC3)C2=O)COC1=O. The summed E-state index contributed by atoms with van der Waals surface area (Å²) >= 11 is 0. The molecule has 0 N–H and O–H groups in total. The number of likely N-dealkylation sites (tertiary alicyclic amines) is 1. The van der Waals surface area contributed by atoms with Gasteiger partial charge in [0.15, 0.2) is 5.82 Å². The molecule has 0 unspecified atom stereocenters. The third-order valence-corrected chi connectivity index (χ3v) is 7.14. The van der Waals surface area contributed by atoms with Crippen molar-refractivity contribution in [2.45, 2.75) is 51.6 Å². The van der Waals surface area contributed by atoms with Gasteiger partial charge in [-0.05, 0) is 56.5 Å². The molecule has 5 rings (SSSR count). The molecular formula is C21H26N8O3. The predicted molar refractivity (Wildman–Crippen MR) is 111 cm³/mol. The largest absolute Gasteiger partial charge is 0.456 e.